The predicted molar refractivity (Wildman–Crippen MR) is 104 cm³/mol. The minimum absolute atomic E-state index is 0.119. The Morgan fingerprint density at radius 3 is 2.68 bits per heavy atom. The van der Waals surface area contributed by atoms with Crippen molar-refractivity contribution in [2.24, 2.45) is 16.6 Å². The molecule has 25 heavy (non-hydrogen) atoms. The van der Waals surface area contributed by atoms with Gasteiger partial charge in [0.2, 0.25) is 5.91 Å². The number of nitrogens with one attached hydrogen (secondary N) is 1. The number of carbonyl (C=O) groups excluding carboxylic acids is 1. The van der Waals surface area contributed by atoms with Crippen LogP contribution in [0.25, 0.3) is 0 Å². The first-order valence-corrected chi connectivity index (χ1v) is 8.94. The summed E-state index contributed by atoms with van der Waals surface area (Å²) in [6.45, 7) is 3.85. The van der Waals surface area contributed by atoms with Crippen LogP contribution in [0.15, 0.2) is 23.2 Å². The van der Waals surface area contributed by atoms with E-state index in [4.69, 9.17) is 5.73 Å². The van der Waals surface area contributed by atoms with E-state index in [1.54, 1.807) is 18.7 Å². The first-order chi connectivity index (χ1) is 11.8. The van der Waals surface area contributed by atoms with Crippen molar-refractivity contribution in [3.8, 4) is 0 Å². The van der Waals surface area contributed by atoms with E-state index >= 15 is 0 Å². The van der Waals surface area contributed by atoms with Crippen LogP contribution in [-0.4, -0.2) is 36.5 Å². The topological polar surface area (TPSA) is 91.0 Å². The largest absolute Gasteiger partial charge is 0.390 e. The smallest absolute Gasteiger partial charge is 0.229 e. The molecule has 1 aromatic rings. The van der Waals surface area contributed by atoms with E-state index in [2.05, 4.69) is 10.3 Å². The fourth-order valence-corrected chi connectivity index (χ4v) is 3.13. The zero-order chi connectivity index (χ0) is 18.4. The van der Waals surface area contributed by atoms with Gasteiger partial charge in [0.1, 0.15) is 0 Å². The highest BCUT2D eigenvalue weighted by Crippen LogP contribution is 2.32. The fraction of sp³-hybridized carbons (Fsp3) is 0.579. The monoisotopic (exact) mass is 346 g/mol. The molecule has 4 N–H and O–H groups in total. The molecule has 138 valence electrons. The molecule has 1 aliphatic rings. The number of benzene rings is 1. The Kier molecular flexibility index (Phi) is 6.42. The van der Waals surface area contributed by atoms with Gasteiger partial charge in [-0.05, 0) is 44.9 Å². The molecule has 6 heteroatoms. The minimum atomic E-state index is -0.837. The summed E-state index contributed by atoms with van der Waals surface area (Å²) in [5, 5.41) is 13.1. The number of amides is 1. The minimum Gasteiger partial charge on any atom is -0.390 e. The molecule has 6 nitrogen and oxygen atoms in total. The van der Waals surface area contributed by atoms with Crippen molar-refractivity contribution in [3.63, 3.8) is 0 Å². The maximum absolute atomic E-state index is 12.7. The number of rotatable bonds is 6. The van der Waals surface area contributed by atoms with Crippen molar-refractivity contribution >= 4 is 29.3 Å². The van der Waals surface area contributed by atoms with Gasteiger partial charge in [-0.2, -0.15) is 0 Å². The third-order valence-electron chi connectivity index (χ3n) is 4.58. The summed E-state index contributed by atoms with van der Waals surface area (Å²) in [5.74, 6) is 0.285. The molecule has 0 spiro atoms. The highest BCUT2D eigenvalue weighted by molar-refractivity contribution is 5.95. The van der Waals surface area contributed by atoms with Crippen molar-refractivity contribution < 1.29 is 9.90 Å². The van der Waals surface area contributed by atoms with Crippen LogP contribution in [0.3, 0.4) is 0 Å². The lowest BCUT2D eigenvalue weighted by Gasteiger charge is -2.27. The number of nitrogens with zero attached hydrogens (tertiary/aromatic N) is 2. The number of nitrogens with two attached hydrogens (primary N) is 1. The van der Waals surface area contributed by atoms with Crippen molar-refractivity contribution in [2.75, 3.05) is 23.8 Å². The Morgan fingerprint density at radius 1 is 1.40 bits per heavy atom. The summed E-state index contributed by atoms with van der Waals surface area (Å²) in [6, 6.07) is 5.60. The van der Waals surface area contributed by atoms with E-state index in [0.29, 0.717) is 12.2 Å². The number of hydrogen-bond acceptors (Lipinski definition) is 4. The van der Waals surface area contributed by atoms with Gasteiger partial charge in [0, 0.05) is 25.2 Å². The molecule has 2 rings (SSSR count). The van der Waals surface area contributed by atoms with Gasteiger partial charge in [0.05, 0.1) is 23.3 Å². The van der Waals surface area contributed by atoms with Gasteiger partial charge in [-0.3, -0.25) is 4.79 Å². The molecule has 0 atom stereocenters. The quantitative estimate of drug-likeness (QED) is 0.545. The van der Waals surface area contributed by atoms with Crippen molar-refractivity contribution in [3.05, 3.63) is 18.2 Å². The molecule has 0 unspecified atom stereocenters. The second kappa shape index (κ2) is 8.34. The van der Waals surface area contributed by atoms with Gasteiger partial charge in [0.25, 0.3) is 0 Å². The molecule has 0 aromatic heterocycles. The Balaban J connectivity index is 2.17. The van der Waals surface area contributed by atoms with E-state index in [-0.39, 0.29) is 11.8 Å². The molecule has 0 heterocycles. The zero-order valence-electron chi connectivity index (χ0n) is 15.5. The van der Waals surface area contributed by atoms with E-state index < -0.39 is 5.60 Å². The fourth-order valence-electron chi connectivity index (χ4n) is 3.13. The SMILES string of the molecule is CN(C(=O)C1CCCCC1)c1ccc(NCC(C)(C)O)c(N=CN)c1. The first-order valence-electron chi connectivity index (χ1n) is 8.94. The summed E-state index contributed by atoms with van der Waals surface area (Å²) >= 11 is 0. The lowest BCUT2D eigenvalue weighted by molar-refractivity contribution is -0.123. The molecular formula is C19H30N4O2. The number of aliphatic imine (C=N–C) groups is 1. The third kappa shape index (κ3) is 5.46. The van der Waals surface area contributed by atoms with Crippen molar-refractivity contribution in [1.29, 1.82) is 0 Å². The molecule has 1 amide bonds. The average molecular weight is 346 g/mol. The highest BCUT2D eigenvalue weighted by atomic mass is 16.3. The number of aliphatic hydroxyl groups is 1. The van der Waals surface area contributed by atoms with Gasteiger partial charge in [-0.1, -0.05) is 19.3 Å². The maximum atomic E-state index is 12.7. The van der Waals surface area contributed by atoms with Gasteiger partial charge in [-0.25, -0.2) is 4.99 Å². The highest BCUT2D eigenvalue weighted by Gasteiger charge is 2.25. The lowest BCUT2D eigenvalue weighted by Crippen LogP contribution is -2.34. The van der Waals surface area contributed by atoms with Gasteiger partial charge >= 0.3 is 0 Å². The van der Waals surface area contributed by atoms with Crippen molar-refractivity contribution in [1.82, 2.24) is 0 Å². The molecule has 0 bridgehead atoms. The van der Waals surface area contributed by atoms with Crippen LogP contribution in [-0.2, 0) is 4.79 Å². The molecular weight excluding hydrogens is 316 g/mol. The second-order valence-electron chi connectivity index (χ2n) is 7.38. The molecule has 1 aromatic carbocycles. The summed E-state index contributed by atoms with van der Waals surface area (Å²) in [5.41, 5.74) is 6.84. The summed E-state index contributed by atoms with van der Waals surface area (Å²) < 4.78 is 0. The van der Waals surface area contributed by atoms with Crippen LogP contribution in [0.1, 0.15) is 46.0 Å². The number of hydrogen-bond donors (Lipinski definition) is 3. The number of anilines is 2. The van der Waals surface area contributed by atoms with Crippen LogP contribution >= 0.6 is 0 Å². The lowest BCUT2D eigenvalue weighted by atomic mass is 9.88. The van der Waals surface area contributed by atoms with E-state index in [0.717, 1.165) is 37.1 Å². The van der Waals surface area contributed by atoms with Gasteiger partial charge in [0.15, 0.2) is 0 Å². The average Bonchev–Trinajstić information content (AvgIpc) is 2.59. The van der Waals surface area contributed by atoms with E-state index in [1.807, 2.05) is 25.2 Å². The normalized spacial score (nSPS) is 16.2. The van der Waals surface area contributed by atoms with Crippen LogP contribution in [0.2, 0.25) is 0 Å². The van der Waals surface area contributed by atoms with Gasteiger partial charge < -0.3 is 21.1 Å². The van der Waals surface area contributed by atoms with Crippen LogP contribution in [0.4, 0.5) is 17.1 Å². The predicted octanol–water partition coefficient (Wildman–Crippen LogP) is 3.03. The Morgan fingerprint density at radius 2 is 2.08 bits per heavy atom. The Bertz CT molecular complexity index is 616. The molecule has 0 saturated heterocycles. The first kappa shape index (κ1) is 19.2. The standard InChI is InChI=1S/C19H30N4O2/c1-19(2,25)12-21-16-10-9-15(11-17(16)22-13-20)23(3)18(24)14-7-5-4-6-8-14/h9-11,13-14,21,25H,4-8,12H2,1-3H3,(H2,20,22). The molecule has 0 aliphatic heterocycles. The second-order valence-corrected chi connectivity index (χ2v) is 7.38. The Hall–Kier alpha value is -2.08. The molecule has 0 radical (unpaired) electrons. The molecule has 1 aliphatic carbocycles. The summed E-state index contributed by atoms with van der Waals surface area (Å²) in [6.07, 6.45) is 6.67. The van der Waals surface area contributed by atoms with Crippen molar-refractivity contribution in [2.45, 2.75) is 51.6 Å². The van der Waals surface area contributed by atoms with Crippen LogP contribution < -0.4 is 16.0 Å². The summed E-state index contributed by atoms with van der Waals surface area (Å²) in [7, 11) is 1.81. The van der Waals surface area contributed by atoms with E-state index in [9.17, 15) is 9.90 Å². The van der Waals surface area contributed by atoms with Crippen LogP contribution in [0, 0.1) is 5.92 Å². The van der Waals surface area contributed by atoms with E-state index in [1.165, 1.54) is 12.8 Å². The molecule has 1 saturated carbocycles. The zero-order valence-corrected chi connectivity index (χ0v) is 15.5. The summed E-state index contributed by atoms with van der Waals surface area (Å²) in [4.78, 5) is 18.6. The van der Waals surface area contributed by atoms with Crippen LogP contribution in [0.5, 0.6) is 0 Å². The molecule has 1 fully saturated rings. The Labute approximate surface area is 150 Å². The third-order valence-corrected chi connectivity index (χ3v) is 4.58. The number of carbonyl (C=O) groups is 1. The maximum Gasteiger partial charge on any atom is 0.229 e. The van der Waals surface area contributed by atoms with Gasteiger partial charge in [-0.15, -0.1) is 0 Å².